The fraction of sp³-hybridized carbons (Fsp3) is 0. The van der Waals surface area contributed by atoms with Crippen LogP contribution >= 0.6 is 0 Å². The van der Waals surface area contributed by atoms with Crippen molar-refractivity contribution in [2.45, 2.75) is 0 Å². The molecule has 50 heavy (non-hydrogen) atoms. The van der Waals surface area contributed by atoms with E-state index in [1.165, 1.54) is 5.39 Å². The number of pyridine rings is 3. The van der Waals surface area contributed by atoms with Crippen molar-refractivity contribution in [1.29, 1.82) is 0 Å². The molecule has 0 amide bonds. The van der Waals surface area contributed by atoms with Crippen molar-refractivity contribution in [3.05, 3.63) is 176 Å². The molecule has 0 fully saturated rings. The number of nitrogens with zero attached hydrogens (tertiary/aromatic N) is 5. The topological polar surface area (TPSA) is 48.5 Å². The SMILES string of the molecule is c1ccc(-c2cc(-c3ccccc3)nc(-n3c4ccc(-c5ccc6c(c5)c5cnccc5n6-c5ccccc5)cc4c4ccncc43)c2)cc1. The van der Waals surface area contributed by atoms with Crippen molar-refractivity contribution >= 4 is 43.6 Å². The van der Waals surface area contributed by atoms with Gasteiger partial charge in [-0.3, -0.25) is 14.5 Å². The maximum Gasteiger partial charge on any atom is 0.138 e. The minimum atomic E-state index is 0.855. The predicted octanol–water partition coefficient (Wildman–Crippen LogP) is 11.1. The third-order valence-electron chi connectivity index (χ3n) is 9.70. The predicted molar refractivity (Wildman–Crippen MR) is 205 cm³/mol. The maximum absolute atomic E-state index is 5.27. The Kier molecular flexibility index (Phi) is 6.42. The van der Waals surface area contributed by atoms with E-state index < -0.39 is 0 Å². The van der Waals surface area contributed by atoms with Crippen LogP contribution in [0.25, 0.3) is 88.6 Å². The van der Waals surface area contributed by atoms with Gasteiger partial charge in [-0.25, -0.2) is 4.98 Å². The van der Waals surface area contributed by atoms with E-state index in [4.69, 9.17) is 4.98 Å². The Labute approximate surface area is 288 Å². The second kappa shape index (κ2) is 11.4. The molecule has 0 aliphatic heterocycles. The van der Waals surface area contributed by atoms with Gasteiger partial charge in [0.25, 0.3) is 0 Å². The highest BCUT2D eigenvalue weighted by Gasteiger charge is 2.18. The normalized spacial score (nSPS) is 11.6. The number of para-hydroxylation sites is 1. The van der Waals surface area contributed by atoms with E-state index in [1.807, 2.05) is 30.9 Å². The quantitative estimate of drug-likeness (QED) is 0.188. The van der Waals surface area contributed by atoms with Crippen LogP contribution in [0.15, 0.2) is 176 Å². The van der Waals surface area contributed by atoms with Crippen molar-refractivity contribution < 1.29 is 0 Å². The molecule has 0 spiro atoms. The van der Waals surface area contributed by atoms with E-state index in [9.17, 15) is 0 Å². The Balaban J connectivity index is 1.17. The third-order valence-corrected chi connectivity index (χ3v) is 9.70. The summed E-state index contributed by atoms with van der Waals surface area (Å²) < 4.78 is 4.57. The van der Waals surface area contributed by atoms with Gasteiger partial charge in [0.2, 0.25) is 0 Å². The second-order valence-corrected chi connectivity index (χ2v) is 12.6. The van der Waals surface area contributed by atoms with Gasteiger partial charge in [0.05, 0.1) is 34.0 Å². The van der Waals surface area contributed by atoms with Crippen LogP contribution in [0.1, 0.15) is 0 Å². The van der Waals surface area contributed by atoms with Crippen LogP contribution in [0.4, 0.5) is 0 Å². The molecule has 0 saturated heterocycles. The van der Waals surface area contributed by atoms with Gasteiger partial charge in [0, 0.05) is 51.4 Å². The highest BCUT2D eigenvalue weighted by molar-refractivity contribution is 6.12. The molecule has 5 heteroatoms. The van der Waals surface area contributed by atoms with Gasteiger partial charge in [-0.1, -0.05) is 91.0 Å². The summed E-state index contributed by atoms with van der Waals surface area (Å²) in [6, 6.07) is 53.5. The van der Waals surface area contributed by atoms with Crippen LogP contribution in [0, 0.1) is 0 Å². The average molecular weight is 640 g/mol. The Bertz CT molecular complexity index is 2800. The van der Waals surface area contributed by atoms with Crippen LogP contribution in [-0.4, -0.2) is 24.1 Å². The number of benzene rings is 5. The van der Waals surface area contributed by atoms with Gasteiger partial charge in [-0.2, -0.15) is 0 Å². The number of rotatable bonds is 5. The first-order valence-corrected chi connectivity index (χ1v) is 16.8. The fourth-order valence-corrected chi connectivity index (χ4v) is 7.38. The molecule has 10 aromatic rings. The molecule has 0 bridgehead atoms. The monoisotopic (exact) mass is 639 g/mol. The van der Waals surface area contributed by atoms with Gasteiger partial charge in [-0.05, 0) is 82.9 Å². The van der Waals surface area contributed by atoms with Crippen LogP contribution in [0.2, 0.25) is 0 Å². The Morgan fingerprint density at radius 1 is 0.360 bits per heavy atom. The molecule has 5 aromatic heterocycles. The molecule has 0 N–H and O–H groups in total. The van der Waals surface area contributed by atoms with E-state index in [-0.39, 0.29) is 0 Å². The third kappa shape index (κ3) is 4.52. The lowest BCUT2D eigenvalue weighted by molar-refractivity contribution is 1.08. The van der Waals surface area contributed by atoms with Gasteiger partial charge >= 0.3 is 0 Å². The molecule has 5 heterocycles. The molecule has 0 radical (unpaired) electrons. The standard InChI is InChI=1S/C45H29N5/c1-4-10-30(11-5-1)34-26-40(31-12-6-2-7-13-31)48-45(27-34)50-42-19-17-32(24-37(42)36-20-22-47-29-44(36)50)33-16-18-41-38(25-33)39-28-46-23-21-43(39)49(41)35-14-8-3-9-15-35/h1-29H. The summed E-state index contributed by atoms with van der Waals surface area (Å²) in [5, 5.41) is 4.60. The molecule has 234 valence electrons. The number of aromatic nitrogens is 5. The van der Waals surface area contributed by atoms with Gasteiger partial charge < -0.3 is 4.57 Å². The van der Waals surface area contributed by atoms with E-state index in [0.29, 0.717) is 0 Å². The highest BCUT2D eigenvalue weighted by atomic mass is 15.1. The van der Waals surface area contributed by atoms with Crippen molar-refractivity contribution in [2.24, 2.45) is 0 Å². The summed E-state index contributed by atoms with van der Waals surface area (Å²) in [5.41, 5.74) is 12.1. The highest BCUT2D eigenvalue weighted by Crippen LogP contribution is 2.38. The minimum Gasteiger partial charge on any atom is -0.309 e. The van der Waals surface area contributed by atoms with E-state index in [0.717, 1.165) is 83.2 Å². The largest absolute Gasteiger partial charge is 0.309 e. The molecule has 5 aromatic carbocycles. The molecular weight excluding hydrogens is 611 g/mol. The van der Waals surface area contributed by atoms with Crippen LogP contribution < -0.4 is 0 Å². The zero-order chi connectivity index (χ0) is 33.0. The summed E-state index contributed by atoms with van der Waals surface area (Å²) in [6.07, 6.45) is 7.67. The Morgan fingerprint density at radius 3 is 1.70 bits per heavy atom. The lowest BCUT2D eigenvalue weighted by atomic mass is 10.0. The zero-order valence-corrected chi connectivity index (χ0v) is 27.0. The van der Waals surface area contributed by atoms with Crippen molar-refractivity contribution in [3.8, 4) is 45.0 Å². The molecule has 0 atom stereocenters. The van der Waals surface area contributed by atoms with Crippen molar-refractivity contribution in [2.75, 3.05) is 0 Å². The summed E-state index contributed by atoms with van der Waals surface area (Å²) in [5.74, 6) is 0.855. The van der Waals surface area contributed by atoms with E-state index >= 15 is 0 Å². The van der Waals surface area contributed by atoms with Gasteiger partial charge in [0.1, 0.15) is 5.82 Å². The second-order valence-electron chi connectivity index (χ2n) is 12.6. The Morgan fingerprint density at radius 2 is 0.960 bits per heavy atom. The Hall–Kier alpha value is -6.85. The van der Waals surface area contributed by atoms with Gasteiger partial charge in [-0.15, -0.1) is 0 Å². The first kappa shape index (κ1) is 28.2. The lowest BCUT2D eigenvalue weighted by Gasteiger charge is -2.13. The average Bonchev–Trinajstić information content (AvgIpc) is 3.71. The first-order valence-electron chi connectivity index (χ1n) is 16.8. The molecular formula is C45H29N5. The smallest absolute Gasteiger partial charge is 0.138 e. The molecule has 5 nitrogen and oxygen atoms in total. The van der Waals surface area contributed by atoms with E-state index in [2.05, 4.69) is 165 Å². The molecule has 0 aliphatic rings. The minimum absolute atomic E-state index is 0.855. The summed E-state index contributed by atoms with van der Waals surface area (Å²) in [4.78, 5) is 14.3. The van der Waals surface area contributed by atoms with Gasteiger partial charge in [0.15, 0.2) is 0 Å². The van der Waals surface area contributed by atoms with E-state index in [1.54, 1.807) is 0 Å². The number of hydrogen-bond donors (Lipinski definition) is 0. The zero-order valence-electron chi connectivity index (χ0n) is 27.0. The molecule has 0 saturated carbocycles. The molecule has 10 rings (SSSR count). The fourth-order valence-electron chi connectivity index (χ4n) is 7.38. The first-order chi connectivity index (χ1) is 24.8. The number of fused-ring (bicyclic) bond motifs is 6. The van der Waals surface area contributed by atoms with Crippen LogP contribution in [0.5, 0.6) is 0 Å². The van der Waals surface area contributed by atoms with Crippen LogP contribution in [-0.2, 0) is 0 Å². The van der Waals surface area contributed by atoms with Crippen molar-refractivity contribution in [1.82, 2.24) is 24.1 Å². The summed E-state index contributed by atoms with van der Waals surface area (Å²) >= 11 is 0. The molecule has 0 unspecified atom stereocenters. The molecule has 0 aliphatic carbocycles. The van der Waals surface area contributed by atoms with Crippen LogP contribution in [0.3, 0.4) is 0 Å². The number of hydrogen-bond acceptors (Lipinski definition) is 3. The maximum atomic E-state index is 5.27. The summed E-state index contributed by atoms with van der Waals surface area (Å²) in [7, 11) is 0. The van der Waals surface area contributed by atoms with Crippen molar-refractivity contribution in [3.63, 3.8) is 0 Å². The lowest BCUT2D eigenvalue weighted by Crippen LogP contribution is -2.00. The summed E-state index contributed by atoms with van der Waals surface area (Å²) in [6.45, 7) is 0.